The van der Waals surface area contributed by atoms with Crippen LogP contribution in [0.2, 0.25) is 0 Å². The molecule has 0 spiro atoms. The maximum atomic E-state index is 13.5. The largest absolute Gasteiger partial charge is 0.464 e. The third-order valence-electron chi connectivity index (χ3n) is 2.25. The second-order valence-corrected chi connectivity index (χ2v) is 3.94. The number of halogens is 2. The van der Waals surface area contributed by atoms with Crippen LogP contribution in [0.3, 0.4) is 0 Å². The van der Waals surface area contributed by atoms with E-state index in [0.717, 1.165) is 6.07 Å². The molecule has 4 heteroatoms. The molecular weight excluding hydrogens is 202 g/mol. The summed E-state index contributed by atoms with van der Waals surface area (Å²) in [5, 5.41) is 9.93. The summed E-state index contributed by atoms with van der Waals surface area (Å²) in [6, 6.07) is 2.16. The molecule has 1 aromatic carbocycles. The second-order valence-electron chi connectivity index (χ2n) is 3.94. The summed E-state index contributed by atoms with van der Waals surface area (Å²) in [6.07, 6.45) is 1.27. The van der Waals surface area contributed by atoms with Gasteiger partial charge in [-0.05, 0) is 19.9 Å². The molecule has 0 atom stereocenters. The van der Waals surface area contributed by atoms with Crippen LogP contribution < -0.4 is 0 Å². The predicted molar refractivity (Wildman–Crippen MR) is 51.4 cm³/mol. The van der Waals surface area contributed by atoms with E-state index in [1.54, 1.807) is 0 Å². The van der Waals surface area contributed by atoms with Gasteiger partial charge < -0.3 is 9.52 Å². The third kappa shape index (κ3) is 1.51. The number of hydrogen-bond acceptors (Lipinski definition) is 2. The summed E-state index contributed by atoms with van der Waals surface area (Å²) in [4.78, 5) is 0. The first kappa shape index (κ1) is 10.1. The van der Waals surface area contributed by atoms with E-state index in [1.807, 2.05) is 0 Å². The molecule has 0 unspecified atom stereocenters. The van der Waals surface area contributed by atoms with Gasteiger partial charge >= 0.3 is 0 Å². The van der Waals surface area contributed by atoms with Crippen LogP contribution in [-0.4, -0.2) is 5.11 Å². The minimum absolute atomic E-state index is 0.0242. The topological polar surface area (TPSA) is 33.4 Å². The standard InChI is InChI=1S/C11H10F2O2/c1-11(2,14)9-8(13)5-7(12)6-3-4-15-10(6)9/h3-5,14H,1-2H3. The van der Waals surface area contributed by atoms with Crippen molar-refractivity contribution in [2.75, 3.05) is 0 Å². The molecule has 2 rings (SSSR count). The molecule has 0 fully saturated rings. The zero-order chi connectivity index (χ0) is 11.2. The zero-order valence-electron chi connectivity index (χ0n) is 8.34. The Hall–Kier alpha value is -1.42. The quantitative estimate of drug-likeness (QED) is 0.788. The Morgan fingerprint density at radius 3 is 2.53 bits per heavy atom. The molecule has 0 saturated carbocycles. The summed E-state index contributed by atoms with van der Waals surface area (Å²) in [7, 11) is 0. The second kappa shape index (κ2) is 3.03. The first-order valence-corrected chi connectivity index (χ1v) is 4.49. The highest BCUT2D eigenvalue weighted by molar-refractivity contribution is 5.82. The lowest BCUT2D eigenvalue weighted by atomic mass is 9.96. The molecule has 2 nitrogen and oxygen atoms in total. The molecule has 1 N–H and O–H groups in total. The Kier molecular flexibility index (Phi) is 2.04. The predicted octanol–water partition coefficient (Wildman–Crippen LogP) is 2.94. The lowest BCUT2D eigenvalue weighted by Gasteiger charge is -2.18. The van der Waals surface area contributed by atoms with Gasteiger partial charge in [0.25, 0.3) is 0 Å². The molecule has 15 heavy (non-hydrogen) atoms. The van der Waals surface area contributed by atoms with Crippen molar-refractivity contribution in [1.29, 1.82) is 0 Å². The summed E-state index contributed by atoms with van der Waals surface area (Å²) >= 11 is 0. The number of hydrogen-bond donors (Lipinski definition) is 1. The first-order valence-electron chi connectivity index (χ1n) is 4.49. The molecule has 1 aromatic heterocycles. The van der Waals surface area contributed by atoms with E-state index in [0.29, 0.717) is 0 Å². The zero-order valence-corrected chi connectivity index (χ0v) is 8.34. The maximum absolute atomic E-state index is 13.5. The molecule has 0 aliphatic rings. The molecule has 1 heterocycles. The monoisotopic (exact) mass is 212 g/mol. The molecule has 80 valence electrons. The van der Waals surface area contributed by atoms with Gasteiger partial charge in [0.1, 0.15) is 17.2 Å². The van der Waals surface area contributed by atoms with Crippen molar-refractivity contribution in [3.05, 3.63) is 35.6 Å². The van der Waals surface area contributed by atoms with Gasteiger partial charge in [0.2, 0.25) is 0 Å². The molecule has 0 amide bonds. The summed E-state index contributed by atoms with van der Waals surface area (Å²) in [6.45, 7) is 2.84. The molecule has 0 aliphatic heterocycles. The van der Waals surface area contributed by atoms with E-state index in [-0.39, 0.29) is 16.5 Å². The van der Waals surface area contributed by atoms with Crippen molar-refractivity contribution < 1.29 is 18.3 Å². The van der Waals surface area contributed by atoms with Gasteiger partial charge in [0.15, 0.2) is 0 Å². The highest BCUT2D eigenvalue weighted by Crippen LogP contribution is 2.32. The SMILES string of the molecule is CC(C)(O)c1c(F)cc(F)c2ccoc12. The fourth-order valence-corrected chi connectivity index (χ4v) is 1.63. The van der Waals surface area contributed by atoms with Crippen LogP contribution in [-0.2, 0) is 5.60 Å². The summed E-state index contributed by atoms with van der Waals surface area (Å²) in [5.74, 6) is -1.49. The first-order chi connectivity index (χ1) is 6.91. The highest BCUT2D eigenvalue weighted by Gasteiger charge is 2.27. The van der Waals surface area contributed by atoms with Crippen LogP contribution in [0.15, 0.2) is 22.8 Å². The van der Waals surface area contributed by atoms with Gasteiger partial charge in [-0.25, -0.2) is 8.78 Å². The Morgan fingerprint density at radius 2 is 1.93 bits per heavy atom. The van der Waals surface area contributed by atoms with E-state index >= 15 is 0 Å². The van der Waals surface area contributed by atoms with E-state index < -0.39 is 17.2 Å². The van der Waals surface area contributed by atoms with E-state index in [4.69, 9.17) is 4.42 Å². The van der Waals surface area contributed by atoms with Crippen molar-refractivity contribution in [3.63, 3.8) is 0 Å². The van der Waals surface area contributed by atoms with Crippen LogP contribution in [0.5, 0.6) is 0 Å². The van der Waals surface area contributed by atoms with Gasteiger partial charge in [0.05, 0.1) is 22.8 Å². The van der Waals surface area contributed by atoms with Gasteiger partial charge in [0, 0.05) is 6.07 Å². The molecule has 0 aliphatic carbocycles. The average molecular weight is 212 g/mol. The Labute approximate surface area is 85.1 Å². The number of rotatable bonds is 1. The van der Waals surface area contributed by atoms with Gasteiger partial charge in [-0.15, -0.1) is 0 Å². The summed E-state index contributed by atoms with van der Waals surface area (Å²) < 4.78 is 31.8. The molecule has 2 aromatic rings. The minimum Gasteiger partial charge on any atom is -0.464 e. The lowest BCUT2D eigenvalue weighted by Crippen LogP contribution is -2.18. The van der Waals surface area contributed by atoms with Crippen LogP contribution in [0.1, 0.15) is 19.4 Å². The Bertz CT molecular complexity index is 509. The normalized spacial score (nSPS) is 12.3. The van der Waals surface area contributed by atoms with Gasteiger partial charge in [-0.1, -0.05) is 0 Å². The Morgan fingerprint density at radius 1 is 1.27 bits per heavy atom. The third-order valence-corrected chi connectivity index (χ3v) is 2.25. The van der Waals surface area contributed by atoms with Crippen LogP contribution in [0, 0.1) is 11.6 Å². The van der Waals surface area contributed by atoms with Gasteiger partial charge in [-0.2, -0.15) is 0 Å². The van der Waals surface area contributed by atoms with Crippen molar-refractivity contribution in [2.24, 2.45) is 0 Å². The van der Waals surface area contributed by atoms with Gasteiger partial charge in [-0.3, -0.25) is 0 Å². The number of aliphatic hydroxyl groups is 1. The lowest BCUT2D eigenvalue weighted by molar-refractivity contribution is 0.0751. The maximum Gasteiger partial charge on any atom is 0.145 e. The smallest absolute Gasteiger partial charge is 0.145 e. The van der Waals surface area contributed by atoms with Crippen molar-refractivity contribution in [2.45, 2.75) is 19.4 Å². The number of benzene rings is 1. The fraction of sp³-hybridized carbons (Fsp3) is 0.273. The number of furan rings is 1. The van der Waals surface area contributed by atoms with Crippen molar-refractivity contribution in [1.82, 2.24) is 0 Å². The summed E-state index contributed by atoms with van der Waals surface area (Å²) in [5.41, 5.74) is -1.38. The van der Waals surface area contributed by atoms with Crippen molar-refractivity contribution >= 4 is 11.0 Å². The van der Waals surface area contributed by atoms with Crippen molar-refractivity contribution in [3.8, 4) is 0 Å². The van der Waals surface area contributed by atoms with Crippen LogP contribution in [0.4, 0.5) is 8.78 Å². The van der Waals surface area contributed by atoms with Crippen LogP contribution in [0.25, 0.3) is 11.0 Å². The average Bonchev–Trinajstić information content (AvgIpc) is 2.49. The molecule has 0 saturated heterocycles. The number of fused-ring (bicyclic) bond motifs is 1. The molecular formula is C11H10F2O2. The van der Waals surface area contributed by atoms with Crippen LogP contribution >= 0.6 is 0 Å². The molecule has 0 radical (unpaired) electrons. The molecule has 0 bridgehead atoms. The minimum atomic E-state index is -1.41. The van der Waals surface area contributed by atoms with E-state index in [2.05, 4.69) is 0 Å². The van der Waals surface area contributed by atoms with E-state index in [1.165, 1.54) is 26.2 Å². The highest BCUT2D eigenvalue weighted by atomic mass is 19.1. The van der Waals surface area contributed by atoms with E-state index in [9.17, 15) is 13.9 Å². The Balaban J connectivity index is 2.89. The fourth-order valence-electron chi connectivity index (χ4n) is 1.63.